The molecule has 0 saturated carbocycles. The molecule has 0 aliphatic heterocycles. The van der Waals surface area contributed by atoms with E-state index in [2.05, 4.69) is 5.32 Å². The number of hydrogen-bond acceptors (Lipinski definition) is 3. The number of carbonyl (C=O) groups excluding carboxylic acids is 1. The monoisotopic (exact) mass is 287 g/mol. The van der Waals surface area contributed by atoms with E-state index in [1.54, 1.807) is 6.26 Å². The van der Waals surface area contributed by atoms with Crippen molar-refractivity contribution in [3.05, 3.63) is 60.1 Å². The van der Waals surface area contributed by atoms with Crippen LogP contribution in [0.1, 0.15) is 36.6 Å². The van der Waals surface area contributed by atoms with Crippen LogP contribution in [0.25, 0.3) is 0 Å². The van der Waals surface area contributed by atoms with Crippen molar-refractivity contribution < 1.29 is 14.3 Å². The molecule has 2 N–H and O–H groups in total. The summed E-state index contributed by atoms with van der Waals surface area (Å²) in [5.74, 6) is 0.815. The van der Waals surface area contributed by atoms with Crippen LogP contribution in [0.3, 0.4) is 0 Å². The van der Waals surface area contributed by atoms with Gasteiger partial charge in [-0.3, -0.25) is 4.79 Å². The van der Waals surface area contributed by atoms with E-state index in [4.69, 9.17) is 9.52 Å². The van der Waals surface area contributed by atoms with Crippen LogP contribution in [0.15, 0.2) is 53.1 Å². The third-order valence-corrected chi connectivity index (χ3v) is 3.37. The van der Waals surface area contributed by atoms with E-state index in [0.29, 0.717) is 19.3 Å². The number of hydrogen-bond donors (Lipinski definition) is 2. The molecule has 112 valence electrons. The minimum absolute atomic E-state index is 0.00167. The molecule has 0 aliphatic carbocycles. The summed E-state index contributed by atoms with van der Waals surface area (Å²) in [6.45, 7) is 0.131. The zero-order valence-corrected chi connectivity index (χ0v) is 12.0. The normalized spacial score (nSPS) is 12.0. The van der Waals surface area contributed by atoms with Gasteiger partial charge in [0.1, 0.15) is 5.76 Å². The molecule has 2 rings (SSSR count). The molecule has 4 nitrogen and oxygen atoms in total. The van der Waals surface area contributed by atoms with Gasteiger partial charge in [0.2, 0.25) is 5.91 Å². The molecule has 1 amide bonds. The van der Waals surface area contributed by atoms with E-state index in [1.807, 2.05) is 42.5 Å². The van der Waals surface area contributed by atoms with E-state index in [9.17, 15) is 4.79 Å². The molecule has 1 aromatic carbocycles. The van der Waals surface area contributed by atoms with Crippen LogP contribution >= 0.6 is 0 Å². The molecule has 21 heavy (non-hydrogen) atoms. The molecule has 0 fully saturated rings. The number of aliphatic hydroxyl groups is 1. The maximum atomic E-state index is 12.1. The maximum Gasteiger partial charge on any atom is 0.220 e. The second-order valence-electron chi connectivity index (χ2n) is 4.98. The van der Waals surface area contributed by atoms with E-state index in [0.717, 1.165) is 17.7 Å². The van der Waals surface area contributed by atoms with Gasteiger partial charge in [-0.25, -0.2) is 0 Å². The van der Waals surface area contributed by atoms with Gasteiger partial charge in [0.05, 0.1) is 12.3 Å². The zero-order chi connectivity index (χ0) is 14.9. The number of amides is 1. The Kier molecular flexibility index (Phi) is 6.03. The zero-order valence-electron chi connectivity index (χ0n) is 12.0. The van der Waals surface area contributed by atoms with Crippen molar-refractivity contribution in [2.75, 3.05) is 6.61 Å². The van der Waals surface area contributed by atoms with Crippen molar-refractivity contribution in [2.45, 2.75) is 31.7 Å². The Morgan fingerprint density at radius 3 is 2.67 bits per heavy atom. The van der Waals surface area contributed by atoms with Gasteiger partial charge in [-0.05, 0) is 30.5 Å². The Hall–Kier alpha value is -2.07. The maximum absolute atomic E-state index is 12.1. The highest BCUT2D eigenvalue weighted by atomic mass is 16.3. The summed E-state index contributed by atoms with van der Waals surface area (Å²) in [5, 5.41) is 12.0. The summed E-state index contributed by atoms with van der Waals surface area (Å²) in [6.07, 6.45) is 4.00. The summed E-state index contributed by atoms with van der Waals surface area (Å²) in [5.41, 5.74) is 1.07. The Labute approximate surface area is 124 Å². The van der Waals surface area contributed by atoms with Crippen LogP contribution in [0.4, 0.5) is 0 Å². The Morgan fingerprint density at radius 2 is 2.00 bits per heavy atom. The van der Waals surface area contributed by atoms with E-state index in [1.165, 1.54) is 0 Å². The first-order valence-electron chi connectivity index (χ1n) is 7.27. The van der Waals surface area contributed by atoms with Gasteiger partial charge in [0.15, 0.2) is 0 Å². The predicted molar refractivity (Wildman–Crippen MR) is 80.7 cm³/mol. The Morgan fingerprint density at radius 1 is 1.19 bits per heavy atom. The summed E-state index contributed by atoms with van der Waals surface area (Å²) in [7, 11) is 0. The first kappa shape index (κ1) is 15.3. The second kappa shape index (κ2) is 8.27. The van der Waals surface area contributed by atoms with Gasteiger partial charge in [-0.1, -0.05) is 30.3 Å². The van der Waals surface area contributed by atoms with Gasteiger partial charge >= 0.3 is 0 Å². The van der Waals surface area contributed by atoms with Crippen molar-refractivity contribution in [2.24, 2.45) is 0 Å². The molecule has 1 aromatic heterocycles. The lowest BCUT2D eigenvalue weighted by Gasteiger charge is -2.19. The first-order chi connectivity index (χ1) is 10.3. The molecule has 1 unspecified atom stereocenters. The highest BCUT2D eigenvalue weighted by Crippen LogP contribution is 2.18. The predicted octanol–water partition coefficient (Wildman–Crippen LogP) is 2.84. The number of benzene rings is 1. The van der Waals surface area contributed by atoms with Crippen molar-refractivity contribution in [3.8, 4) is 0 Å². The number of carbonyl (C=O) groups is 1. The Balaban J connectivity index is 1.89. The third kappa shape index (κ3) is 5.08. The SMILES string of the molecule is O=C(CCc1ccco1)NC(CCCO)c1ccccc1. The topological polar surface area (TPSA) is 62.5 Å². The molecule has 1 atom stereocenters. The second-order valence-corrected chi connectivity index (χ2v) is 4.98. The minimum Gasteiger partial charge on any atom is -0.469 e. The lowest BCUT2D eigenvalue weighted by molar-refractivity contribution is -0.122. The average molecular weight is 287 g/mol. The van der Waals surface area contributed by atoms with Crippen molar-refractivity contribution >= 4 is 5.91 Å². The largest absolute Gasteiger partial charge is 0.469 e. The molecule has 4 heteroatoms. The summed E-state index contributed by atoms with van der Waals surface area (Å²) in [4.78, 5) is 12.1. The minimum atomic E-state index is -0.0533. The first-order valence-corrected chi connectivity index (χ1v) is 7.27. The van der Waals surface area contributed by atoms with Crippen LogP contribution in [0.2, 0.25) is 0 Å². The van der Waals surface area contributed by atoms with Crippen molar-refractivity contribution in [1.29, 1.82) is 0 Å². The van der Waals surface area contributed by atoms with Crippen molar-refractivity contribution in [1.82, 2.24) is 5.32 Å². The molecule has 0 saturated heterocycles. The van der Waals surface area contributed by atoms with Crippen LogP contribution in [-0.2, 0) is 11.2 Å². The highest BCUT2D eigenvalue weighted by molar-refractivity contribution is 5.76. The fourth-order valence-corrected chi connectivity index (χ4v) is 2.26. The molecule has 2 aromatic rings. The van der Waals surface area contributed by atoms with Gasteiger partial charge < -0.3 is 14.8 Å². The van der Waals surface area contributed by atoms with Crippen LogP contribution < -0.4 is 5.32 Å². The highest BCUT2D eigenvalue weighted by Gasteiger charge is 2.14. The van der Waals surface area contributed by atoms with Gasteiger partial charge in [-0.15, -0.1) is 0 Å². The number of aliphatic hydroxyl groups excluding tert-OH is 1. The molecule has 1 heterocycles. The van der Waals surface area contributed by atoms with E-state index >= 15 is 0 Å². The molecular weight excluding hydrogens is 266 g/mol. The van der Waals surface area contributed by atoms with Gasteiger partial charge in [0, 0.05) is 19.4 Å². The summed E-state index contributed by atoms with van der Waals surface area (Å²) >= 11 is 0. The average Bonchev–Trinajstić information content (AvgIpc) is 3.03. The fourth-order valence-electron chi connectivity index (χ4n) is 2.26. The van der Waals surface area contributed by atoms with Crippen molar-refractivity contribution in [3.63, 3.8) is 0 Å². The lowest BCUT2D eigenvalue weighted by atomic mass is 10.0. The standard InChI is InChI=1S/C17H21NO3/c19-12-4-9-16(14-6-2-1-3-7-14)18-17(20)11-10-15-8-5-13-21-15/h1-3,5-8,13,16,19H,4,9-12H2,(H,18,20). The number of furan rings is 1. The van der Waals surface area contributed by atoms with E-state index < -0.39 is 0 Å². The van der Waals surface area contributed by atoms with Crippen LogP contribution in [-0.4, -0.2) is 17.6 Å². The number of aryl methyl sites for hydroxylation is 1. The summed E-state index contributed by atoms with van der Waals surface area (Å²) < 4.78 is 5.23. The molecule has 0 spiro atoms. The van der Waals surface area contributed by atoms with Crippen LogP contribution in [0, 0.1) is 0 Å². The quantitative estimate of drug-likeness (QED) is 0.784. The number of rotatable bonds is 8. The smallest absolute Gasteiger partial charge is 0.220 e. The lowest BCUT2D eigenvalue weighted by Crippen LogP contribution is -2.28. The van der Waals surface area contributed by atoms with Gasteiger partial charge in [-0.2, -0.15) is 0 Å². The molecular formula is C17H21NO3. The van der Waals surface area contributed by atoms with E-state index in [-0.39, 0.29) is 18.6 Å². The molecule has 0 aliphatic rings. The van der Waals surface area contributed by atoms with Crippen LogP contribution in [0.5, 0.6) is 0 Å². The number of nitrogens with one attached hydrogen (secondary N) is 1. The Bertz CT molecular complexity index is 522. The fraction of sp³-hybridized carbons (Fsp3) is 0.353. The molecule has 0 radical (unpaired) electrons. The summed E-state index contributed by atoms with van der Waals surface area (Å²) in [6, 6.07) is 13.5. The molecule has 0 bridgehead atoms. The van der Waals surface area contributed by atoms with Gasteiger partial charge in [0.25, 0.3) is 0 Å². The third-order valence-electron chi connectivity index (χ3n) is 3.37.